The van der Waals surface area contributed by atoms with Crippen molar-refractivity contribution < 1.29 is 33.1 Å². The molecule has 2 aromatic rings. The fourth-order valence-corrected chi connectivity index (χ4v) is 2.60. The van der Waals surface area contributed by atoms with Gasteiger partial charge in [0.2, 0.25) is 5.88 Å². The first kappa shape index (κ1) is 20.9. The summed E-state index contributed by atoms with van der Waals surface area (Å²) >= 11 is 0. The van der Waals surface area contributed by atoms with Crippen molar-refractivity contribution in [1.29, 1.82) is 0 Å². The molecular formula is C20H21NO7. The minimum Gasteiger partial charge on any atom is -0.462 e. The monoisotopic (exact) mass is 387 g/mol. The molecule has 1 amide bonds. The Morgan fingerprint density at radius 3 is 2.36 bits per heavy atom. The molecule has 1 aromatic heterocycles. The van der Waals surface area contributed by atoms with Gasteiger partial charge in [0, 0.05) is 0 Å². The van der Waals surface area contributed by atoms with Gasteiger partial charge in [0.1, 0.15) is 11.3 Å². The van der Waals surface area contributed by atoms with E-state index in [-0.39, 0.29) is 29.4 Å². The van der Waals surface area contributed by atoms with Gasteiger partial charge in [0.25, 0.3) is 5.91 Å². The van der Waals surface area contributed by atoms with Gasteiger partial charge in [-0.1, -0.05) is 17.7 Å². The number of carbonyl (C=O) groups is 4. The summed E-state index contributed by atoms with van der Waals surface area (Å²) in [6, 6.07) is 6.73. The highest BCUT2D eigenvalue weighted by Gasteiger charge is 2.28. The molecule has 0 atom stereocenters. The van der Waals surface area contributed by atoms with E-state index in [9.17, 15) is 19.2 Å². The number of esters is 2. The summed E-state index contributed by atoms with van der Waals surface area (Å²) in [5.74, 6) is -2.65. The average molecular weight is 387 g/mol. The lowest BCUT2D eigenvalue weighted by Gasteiger charge is -2.07. The number of benzene rings is 1. The van der Waals surface area contributed by atoms with Crippen LogP contribution in [0, 0.1) is 13.8 Å². The van der Waals surface area contributed by atoms with Crippen LogP contribution < -0.4 is 5.32 Å². The summed E-state index contributed by atoms with van der Waals surface area (Å²) in [7, 11) is 0. The molecule has 0 saturated heterocycles. The fraction of sp³-hybridized carbons (Fsp3) is 0.300. The van der Waals surface area contributed by atoms with Crippen molar-refractivity contribution in [3.63, 3.8) is 0 Å². The molecular weight excluding hydrogens is 366 g/mol. The maximum absolute atomic E-state index is 12.2. The van der Waals surface area contributed by atoms with Crippen LogP contribution in [0.2, 0.25) is 0 Å². The first-order valence-electron chi connectivity index (χ1n) is 8.59. The lowest BCUT2D eigenvalue weighted by molar-refractivity contribution is -0.119. The standard InChI is InChI=1S/C20H21NO7/c1-5-26-20(25)17-16(12(3)22)13(4)28-18(17)21-15(23)10-27-19(24)14-8-6-7-11(2)9-14/h6-9H,5,10H2,1-4H3,(H,21,23). The van der Waals surface area contributed by atoms with Gasteiger partial charge in [0.15, 0.2) is 12.4 Å². The van der Waals surface area contributed by atoms with E-state index in [4.69, 9.17) is 13.9 Å². The van der Waals surface area contributed by atoms with Crippen molar-refractivity contribution in [3.8, 4) is 0 Å². The summed E-state index contributed by atoms with van der Waals surface area (Å²) < 4.78 is 15.3. The first-order chi connectivity index (χ1) is 13.2. The minimum absolute atomic E-state index is 0.0329. The Hall–Kier alpha value is -3.42. The van der Waals surface area contributed by atoms with E-state index in [0.29, 0.717) is 5.56 Å². The molecule has 1 heterocycles. The van der Waals surface area contributed by atoms with Crippen LogP contribution in [0.3, 0.4) is 0 Å². The van der Waals surface area contributed by atoms with E-state index in [2.05, 4.69) is 5.32 Å². The fourth-order valence-electron chi connectivity index (χ4n) is 2.60. The maximum Gasteiger partial charge on any atom is 0.344 e. The number of carbonyl (C=O) groups excluding carboxylic acids is 4. The third kappa shape index (κ3) is 4.85. The van der Waals surface area contributed by atoms with Crippen molar-refractivity contribution in [3.05, 3.63) is 52.3 Å². The number of ether oxygens (including phenoxy) is 2. The van der Waals surface area contributed by atoms with Crippen molar-refractivity contribution >= 4 is 29.5 Å². The molecule has 148 valence electrons. The van der Waals surface area contributed by atoms with Crippen molar-refractivity contribution in [1.82, 2.24) is 0 Å². The van der Waals surface area contributed by atoms with Crippen LogP contribution in [-0.2, 0) is 14.3 Å². The second-order valence-electron chi connectivity index (χ2n) is 6.01. The third-order valence-corrected chi connectivity index (χ3v) is 3.76. The zero-order valence-electron chi connectivity index (χ0n) is 16.1. The molecule has 0 spiro atoms. The molecule has 1 N–H and O–H groups in total. The van der Waals surface area contributed by atoms with Crippen LogP contribution in [-0.4, -0.2) is 36.8 Å². The number of rotatable bonds is 7. The highest BCUT2D eigenvalue weighted by molar-refractivity contribution is 6.10. The second kappa shape index (κ2) is 8.98. The second-order valence-corrected chi connectivity index (χ2v) is 6.01. The predicted octanol–water partition coefficient (Wildman–Crippen LogP) is 3.07. The summed E-state index contributed by atoms with van der Waals surface area (Å²) in [6.45, 7) is 5.70. The summed E-state index contributed by atoms with van der Waals surface area (Å²) in [5, 5.41) is 2.35. The summed E-state index contributed by atoms with van der Waals surface area (Å²) in [5.41, 5.74) is 1.06. The van der Waals surface area contributed by atoms with E-state index < -0.39 is 30.2 Å². The highest BCUT2D eigenvalue weighted by atomic mass is 16.5. The lowest BCUT2D eigenvalue weighted by atomic mass is 10.1. The molecule has 0 unspecified atom stereocenters. The quantitative estimate of drug-likeness (QED) is 0.574. The Morgan fingerprint density at radius 1 is 1.04 bits per heavy atom. The molecule has 0 bridgehead atoms. The van der Waals surface area contributed by atoms with Gasteiger partial charge >= 0.3 is 11.9 Å². The molecule has 2 rings (SSSR count). The van der Waals surface area contributed by atoms with Crippen molar-refractivity contribution in [2.75, 3.05) is 18.5 Å². The Kier molecular flexibility index (Phi) is 6.70. The molecule has 0 radical (unpaired) electrons. The first-order valence-corrected chi connectivity index (χ1v) is 8.59. The molecule has 8 nitrogen and oxygen atoms in total. The zero-order chi connectivity index (χ0) is 20.8. The van der Waals surface area contributed by atoms with Gasteiger partial charge in [-0.2, -0.15) is 0 Å². The van der Waals surface area contributed by atoms with Gasteiger partial charge < -0.3 is 13.9 Å². The third-order valence-electron chi connectivity index (χ3n) is 3.76. The molecule has 0 aliphatic heterocycles. The van der Waals surface area contributed by atoms with Gasteiger partial charge in [-0.05, 0) is 39.8 Å². The number of Topliss-reactive ketones (excluding diaryl/α,β-unsaturated/α-hetero) is 1. The van der Waals surface area contributed by atoms with E-state index in [1.54, 1.807) is 25.1 Å². The zero-order valence-corrected chi connectivity index (χ0v) is 16.1. The number of hydrogen-bond acceptors (Lipinski definition) is 7. The Balaban J connectivity index is 2.13. The van der Waals surface area contributed by atoms with Gasteiger partial charge in [-0.3, -0.25) is 14.9 Å². The highest BCUT2D eigenvalue weighted by Crippen LogP contribution is 2.28. The van der Waals surface area contributed by atoms with E-state index in [0.717, 1.165) is 5.56 Å². The maximum atomic E-state index is 12.2. The minimum atomic E-state index is -0.795. The smallest absolute Gasteiger partial charge is 0.344 e. The summed E-state index contributed by atoms with van der Waals surface area (Å²) in [6.07, 6.45) is 0. The number of ketones is 1. The number of nitrogens with one attached hydrogen (secondary N) is 1. The van der Waals surface area contributed by atoms with Crippen molar-refractivity contribution in [2.24, 2.45) is 0 Å². The van der Waals surface area contributed by atoms with Crippen LogP contribution in [0.25, 0.3) is 0 Å². The van der Waals surface area contributed by atoms with Crippen molar-refractivity contribution in [2.45, 2.75) is 27.7 Å². The van der Waals surface area contributed by atoms with Crippen LogP contribution in [0.5, 0.6) is 0 Å². The van der Waals surface area contributed by atoms with Gasteiger partial charge in [-0.25, -0.2) is 9.59 Å². The lowest BCUT2D eigenvalue weighted by Crippen LogP contribution is -2.22. The Labute approximate surface area is 161 Å². The molecule has 0 fully saturated rings. The molecule has 28 heavy (non-hydrogen) atoms. The number of anilines is 1. The Morgan fingerprint density at radius 2 is 1.75 bits per heavy atom. The van der Waals surface area contributed by atoms with Crippen LogP contribution in [0.1, 0.15) is 56.2 Å². The Bertz CT molecular complexity index is 927. The molecule has 1 aromatic carbocycles. The van der Waals surface area contributed by atoms with Gasteiger partial charge in [0.05, 0.1) is 17.7 Å². The number of amides is 1. The molecule has 0 aliphatic rings. The molecule has 8 heteroatoms. The normalized spacial score (nSPS) is 10.3. The number of aryl methyl sites for hydroxylation is 2. The molecule has 0 aliphatic carbocycles. The van der Waals surface area contributed by atoms with E-state index in [1.807, 2.05) is 13.0 Å². The van der Waals surface area contributed by atoms with Gasteiger partial charge in [-0.15, -0.1) is 0 Å². The topological polar surface area (TPSA) is 112 Å². The van der Waals surface area contributed by atoms with Crippen LogP contribution >= 0.6 is 0 Å². The number of furan rings is 1. The van der Waals surface area contributed by atoms with E-state index in [1.165, 1.54) is 13.8 Å². The molecule has 0 saturated carbocycles. The largest absolute Gasteiger partial charge is 0.462 e. The number of hydrogen-bond donors (Lipinski definition) is 1. The predicted molar refractivity (Wildman–Crippen MR) is 99.5 cm³/mol. The summed E-state index contributed by atoms with van der Waals surface area (Å²) in [4.78, 5) is 48.2. The van der Waals surface area contributed by atoms with Crippen LogP contribution in [0.4, 0.5) is 5.88 Å². The average Bonchev–Trinajstić information content (AvgIpc) is 2.95. The van der Waals surface area contributed by atoms with E-state index >= 15 is 0 Å². The SMILES string of the molecule is CCOC(=O)c1c(NC(=O)COC(=O)c2cccc(C)c2)oc(C)c1C(C)=O. The van der Waals surface area contributed by atoms with Crippen LogP contribution in [0.15, 0.2) is 28.7 Å².